The molecule has 4 nitrogen and oxygen atoms in total. The molecule has 0 heterocycles. The lowest BCUT2D eigenvalue weighted by molar-refractivity contribution is -0.119. The first-order chi connectivity index (χ1) is 9.58. The first-order valence-electron chi connectivity index (χ1n) is 7.05. The molecule has 0 aliphatic heterocycles. The number of benzene rings is 1. The lowest BCUT2D eigenvalue weighted by Crippen LogP contribution is -2.34. The largest absolute Gasteiger partial charge is 0.365 e. The van der Waals surface area contributed by atoms with Crippen molar-refractivity contribution in [1.82, 2.24) is 10.6 Å². The fraction of sp³-hybridized carbons (Fsp3) is 0.533. The molecule has 0 radical (unpaired) electrons. The van der Waals surface area contributed by atoms with Crippen molar-refractivity contribution in [1.29, 1.82) is 0 Å². The SMILES string of the molecule is CCCNCc1ccc(N(C)CC(=O)NCC)cc1Cl. The summed E-state index contributed by atoms with van der Waals surface area (Å²) in [4.78, 5) is 13.4. The van der Waals surface area contributed by atoms with Gasteiger partial charge in [0.1, 0.15) is 0 Å². The first kappa shape index (κ1) is 16.8. The summed E-state index contributed by atoms with van der Waals surface area (Å²) in [5.74, 6) is 0.0137. The van der Waals surface area contributed by atoms with E-state index in [2.05, 4.69) is 17.6 Å². The molecular formula is C15H24ClN3O. The third-order valence-electron chi connectivity index (χ3n) is 2.97. The second-order valence-electron chi connectivity index (χ2n) is 4.76. The Bertz CT molecular complexity index is 437. The zero-order valence-corrected chi connectivity index (χ0v) is 13.3. The summed E-state index contributed by atoms with van der Waals surface area (Å²) in [7, 11) is 1.88. The second-order valence-corrected chi connectivity index (χ2v) is 5.17. The summed E-state index contributed by atoms with van der Waals surface area (Å²) in [6.45, 7) is 6.77. The van der Waals surface area contributed by atoms with E-state index in [0.717, 1.165) is 35.8 Å². The van der Waals surface area contributed by atoms with Gasteiger partial charge < -0.3 is 15.5 Å². The van der Waals surface area contributed by atoms with E-state index in [-0.39, 0.29) is 5.91 Å². The highest BCUT2D eigenvalue weighted by Crippen LogP contribution is 2.23. The molecule has 0 fully saturated rings. The van der Waals surface area contributed by atoms with Gasteiger partial charge in [0.2, 0.25) is 5.91 Å². The number of carbonyl (C=O) groups excluding carboxylic acids is 1. The lowest BCUT2D eigenvalue weighted by Gasteiger charge is -2.19. The molecule has 0 spiro atoms. The van der Waals surface area contributed by atoms with Crippen LogP contribution in [0.2, 0.25) is 5.02 Å². The van der Waals surface area contributed by atoms with Crippen molar-refractivity contribution in [2.75, 3.05) is 31.6 Å². The van der Waals surface area contributed by atoms with Gasteiger partial charge in [-0.15, -0.1) is 0 Å². The van der Waals surface area contributed by atoms with Gasteiger partial charge in [0, 0.05) is 30.8 Å². The number of carbonyl (C=O) groups is 1. The van der Waals surface area contributed by atoms with E-state index in [1.54, 1.807) is 0 Å². The Hall–Kier alpha value is -1.26. The maximum Gasteiger partial charge on any atom is 0.239 e. The van der Waals surface area contributed by atoms with Gasteiger partial charge in [-0.3, -0.25) is 4.79 Å². The van der Waals surface area contributed by atoms with E-state index >= 15 is 0 Å². The van der Waals surface area contributed by atoms with E-state index in [4.69, 9.17) is 11.6 Å². The fourth-order valence-corrected chi connectivity index (χ4v) is 2.12. The molecule has 1 amide bonds. The average Bonchev–Trinajstić information content (AvgIpc) is 2.41. The van der Waals surface area contributed by atoms with E-state index in [1.807, 2.05) is 37.1 Å². The molecule has 0 aliphatic rings. The van der Waals surface area contributed by atoms with Crippen molar-refractivity contribution in [3.63, 3.8) is 0 Å². The van der Waals surface area contributed by atoms with Crippen LogP contribution in [-0.4, -0.2) is 32.6 Å². The molecule has 0 bridgehead atoms. The van der Waals surface area contributed by atoms with Gasteiger partial charge in [-0.1, -0.05) is 24.6 Å². The highest BCUT2D eigenvalue weighted by atomic mass is 35.5. The van der Waals surface area contributed by atoms with Crippen molar-refractivity contribution in [3.05, 3.63) is 28.8 Å². The fourth-order valence-electron chi connectivity index (χ4n) is 1.88. The Balaban J connectivity index is 2.63. The number of anilines is 1. The molecule has 0 aliphatic carbocycles. The summed E-state index contributed by atoms with van der Waals surface area (Å²) < 4.78 is 0. The molecular weight excluding hydrogens is 274 g/mol. The standard InChI is InChI=1S/C15H24ClN3O/c1-4-8-17-10-12-6-7-13(9-14(12)16)19(3)11-15(20)18-5-2/h6-7,9,17H,4-5,8,10-11H2,1-3H3,(H,18,20). The van der Waals surface area contributed by atoms with Crippen LogP contribution in [0.15, 0.2) is 18.2 Å². The summed E-state index contributed by atoms with van der Waals surface area (Å²) in [5.41, 5.74) is 2.02. The van der Waals surface area contributed by atoms with Crippen LogP contribution in [0.25, 0.3) is 0 Å². The Morgan fingerprint density at radius 2 is 2.10 bits per heavy atom. The van der Waals surface area contributed by atoms with Crippen LogP contribution in [0.4, 0.5) is 5.69 Å². The molecule has 0 saturated heterocycles. The molecule has 0 aromatic heterocycles. The molecule has 5 heteroatoms. The van der Waals surface area contributed by atoms with E-state index in [0.29, 0.717) is 13.1 Å². The number of hydrogen-bond donors (Lipinski definition) is 2. The van der Waals surface area contributed by atoms with Gasteiger partial charge in [0.25, 0.3) is 0 Å². The minimum atomic E-state index is 0.0137. The number of nitrogens with zero attached hydrogens (tertiary/aromatic N) is 1. The third-order valence-corrected chi connectivity index (χ3v) is 3.33. The summed E-state index contributed by atoms with van der Waals surface area (Å²) in [5, 5.41) is 6.84. The normalized spacial score (nSPS) is 10.4. The highest BCUT2D eigenvalue weighted by molar-refractivity contribution is 6.31. The summed E-state index contributed by atoms with van der Waals surface area (Å²) >= 11 is 6.28. The van der Waals surface area contributed by atoms with Crippen molar-refractivity contribution >= 4 is 23.2 Å². The monoisotopic (exact) mass is 297 g/mol. The number of amides is 1. The number of hydrogen-bond acceptors (Lipinski definition) is 3. The van der Waals surface area contributed by atoms with Crippen molar-refractivity contribution < 1.29 is 4.79 Å². The van der Waals surface area contributed by atoms with Gasteiger partial charge in [-0.05, 0) is 37.6 Å². The predicted molar refractivity (Wildman–Crippen MR) is 85.4 cm³/mol. The van der Waals surface area contributed by atoms with Gasteiger partial charge in [-0.2, -0.15) is 0 Å². The van der Waals surface area contributed by atoms with Crippen LogP contribution >= 0.6 is 11.6 Å². The maximum absolute atomic E-state index is 11.6. The van der Waals surface area contributed by atoms with Crippen molar-refractivity contribution in [2.45, 2.75) is 26.8 Å². The van der Waals surface area contributed by atoms with Crippen LogP contribution in [0.3, 0.4) is 0 Å². The smallest absolute Gasteiger partial charge is 0.239 e. The zero-order chi connectivity index (χ0) is 15.0. The maximum atomic E-state index is 11.6. The molecule has 0 atom stereocenters. The number of likely N-dealkylation sites (N-methyl/N-ethyl adjacent to an activating group) is 2. The number of nitrogens with one attached hydrogen (secondary N) is 2. The number of rotatable bonds is 8. The second kappa shape index (κ2) is 8.82. The van der Waals surface area contributed by atoms with Gasteiger partial charge >= 0.3 is 0 Å². The molecule has 1 aromatic rings. The van der Waals surface area contributed by atoms with E-state index < -0.39 is 0 Å². The third kappa shape index (κ3) is 5.39. The lowest BCUT2D eigenvalue weighted by atomic mass is 10.2. The molecule has 112 valence electrons. The Morgan fingerprint density at radius 3 is 2.70 bits per heavy atom. The van der Waals surface area contributed by atoms with Crippen LogP contribution in [0, 0.1) is 0 Å². The summed E-state index contributed by atoms with van der Waals surface area (Å²) in [6, 6.07) is 5.91. The molecule has 0 saturated carbocycles. The molecule has 0 unspecified atom stereocenters. The minimum absolute atomic E-state index is 0.0137. The molecule has 20 heavy (non-hydrogen) atoms. The van der Waals surface area contributed by atoms with Crippen molar-refractivity contribution in [2.24, 2.45) is 0 Å². The molecule has 1 aromatic carbocycles. The van der Waals surface area contributed by atoms with Gasteiger partial charge in [-0.25, -0.2) is 0 Å². The average molecular weight is 298 g/mol. The first-order valence-corrected chi connectivity index (χ1v) is 7.43. The van der Waals surface area contributed by atoms with Crippen LogP contribution < -0.4 is 15.5 Å². The van der Waals surface area contributed by atoms with Crippen LogP contribution in [0.1, 0.15) is 25.8 Å². The summed E-state index contributed by atoms with van der Waals surface area (Å²) in [6.07, 6.45) is 1.10. The Labute approximate surface area is 126 Å². The van der Waals surface area contributed by atoms with Gasteiger partial charge in [0.05, 0.1) is 6.54 Å². The Kier molecular flexibility index (Phi) is 7.41. The van der Waals surface area contributed by atoms with Crippen molar-refractivity contribution in [3.8, 4) is 0 Å². The van der Waals surface area contributed by atoms with E-state index in [1.165, 1.54) is 0 Å². The topological polar surface area (TPSA) is 44.4 Å². The van der Waals surface area contributed by atoms with Crippen LogP contribution in [-0.2, 0) is 11.3 Å². The van der Waals surface area contributed by atoms with Gasteiger partial charge in [0.15, 0.2) is 0 Å². The predicted octanol–water partition coefficient (Wildman–Crippen LogP) is 2.41. The highest BCUT2D eigenvalue weighted by Gasteiger charge is 2.08. The zero-order valence-electron chi connectivity index (χ0n) is 12.5. The Morgan fingerprint density at radius 1 is 1.35 bits per heavy atom. The van der Waals surface area contributed by atoms with E-state index in [9.17, 15) is 4.79 Å². The molecule has 2 N–H and O–H groups in total. The number of halogens is 1. The molecule has 1 rings (SSSR count). The van der Waals surface area contributed by atoms with Crippen LogP contribution in [0.5, 0.6) is 0 Å². The minimum Gasteiger partial charge on any atom is -0.365 e. The quantitative estimate of drug-likeness (QED) is 0.724.